The van der Waals surface area contributed by atoms with Crippen molar-refractivity contribution in [2.45, 2.75) is 11.8 Å². The number of anilines is 1. The van der Waals surface area contributed by atoms with E-state index in [1.807, 2.05) is 0 Å². The molecule has 21 nitrogen and oxygen atoms in total. The first-order valence-electron chi connectivity index (χ1n) is 12.0. The molecule has 0 amide bonds. The Labute approximate surface area is 264 Å². The van der Waals surface area contributed by atoms with E-state index in [1.54, 1.807) is 11.8 Å². The third-order valence-corrected chi connectivity index (χ3v) is 7.97. The van der Waals surface area contributed by atoms with Crippen molar-refractivity contribution in [2.24, 2.45) is 10.2 Å². The van der Waals surface area contributed by atoms with Gasteiger partial charge in [0.15, 0.2) is 40.2 Å². The van der Waals surface area contributed by atoms with E-state index in [1.165, 1.54) is 24.3 Å². The van der Waals surface area contributed by atoms with Gasteiger partial charge in [-0.2, -0.15) is 13.5 Å². The molecule has 2 rings (SSSR count). The molecule has 0 aliphatic heterocycles. The first-order valence-corrected chi connectivity index (χ1v) is 16.4. The normalized spacial score (nSPS) is 12.1. The Morgan fingerprint density at radius 3 is 2.04 bits per heavy atom. The maximum atomic E-state index is 12.4. The molecule has 0 radical (unpaired) electrons. The number of hydrogen-bond acceptors (Lipinski definition) is 21. The molecule has 2 aromatic carbocycles. The van der Waals surface area contributed by atoms with Crippen molar-refractivity contribution in [1.29, 1.82) is 0 Å². The highest BCUT2D eigenvalue weighted by molar-refractivity contribution is 7.91. The summed E-state index contributed by atoms with van der Waals surface area (Å²) in [5, 5.41) is 43.2. The molecule has 0 saturated heterocycles. The summed E-state index contributed by atoms with van der Waals surface area (Å²) < 4.78 is 82.8. The van der Waals surface area contributed by atoms with Gasteiger partial charge in [-0.25, -0.2) is 23.1 Å². The summed E-state index contributed by atoms with van der Waals surface area (Å²) in [6.45, 7) is 1.11. The molecule has 0 aliphatic rings. The molecule has 0 spiro atoms. The van der Waals surface area contributed by atoms with Crippen molar-refractivity contribution >= 4 is 67.6 Å². The molecule has 3 N–H and O–H groups in total. The van der Waals surface area contributed by atoms with Crippen molar-refractivity contribution in [2.75, 3.05) is 50.2 Å². The second kappa shape index (κ2) is 19.7. The Morgan fingerprint density at radius 2 is 1.53 bits per heavy atom. The molecule has 2 aromatic rings. The van der Waals surface area contributed by atoms with Crippen molar-refractivity contribution in [3.8, 4) is 5.75 Å². The maximum absolute atomic E-state index is 12.4. The largest absolute Gasteiger partial charge is 0.492 e. The van der Waals surface area contributed by atoms with Crippen LogP contribution < -0.4 is 9.64 Å². The first-order chi connectivity index (χ1) is 21.4. The van der Waals surface area contributed by atoms with Gasteiger partial charge in [-0.05, 0) is 31.2 Å². The summed E-state index contributed by atoms with van der Waals surface area (Å²) in [6.07, 6.45) is 0. The smallest absolute Gasteiger partial charge is 0.397 e. The fourth-order valence-electron chi connectivity index (χ4n) is 3.27. The number of ether oxygens (including phenoxy) is 1. The number of nitro benzene ring substituents is 1. The SMILES string of the molecule is CCOc1cc(N=Nc2ccc(S(=O)(=O)CCOS(=O)(=O)O)cc2)c([N+](=O)[O-])cc1N(CCOSOOO)CCOSOOO. The predicted octanol–water partition coefficient (Wildman–Crippen LogP) is 3.81. The van der Waals surface area contributed by atoms with E-state index in [-0.39, 0.29) is 60.6 Å². The molecule has 0 atom stereocenters. The van der Waals surface area contributed by atoms with Crippen LogP contribution in [0.2, 0.25) is 0 Å². The van der Waals surface area contributed by atoms with E-state index in [9.17, 15) is 26.9 Å². The quantitative estimate of drug-likeness (QED) is 0.0280. The van der Waals surface area contributed by atoms with Crippen LogP contribution >= 0.6 is 24.6 Å². The number of azo groups is 1. The van der Waals surface area contributed by atoms with Gasteiger partial charge >= 0.3 is 10.4 Å². The summed E-state index contributed by atoms with van der Waals surface area (Å²) in [5.41, 5.74) is -0.323. The molecule has 25 heteroatoms. The lowest BCUT2D eigenvalue weighted by Crippen LogP contribution is -2.30. The second-order valence-electron chi connectivity index (χ2n) is 7.81. The van der Waals surface area contributed by atoms with E-state index in [2.05, 4.69) is 33.2 Å². The average molecular weight is 723 g/mol. The highest BCUT2D eigenvalue weighted by Crippen LogP contribution is 2.41. The number of hydrogen-bond donors (Lipinski definition) is 3. The standard InChI is InChI=1S/C20H26N4O17S4/c1-2-34-20-13-17(22-21-15-3-5-16(6-4-15)44(29,30)12-11-37-45(31,32)33)18(24(25)26)14-19(20)23(7-9-35-42-40-38-27)8-10-36-43-41-39-28/h3-6,13-14,27-28H,2,7-12H2,1H3,(H,31,32,33). The van der Waals surface area contributed by atoms with Crippen LogP contribution in [0.4, 0.5) is 22.7 Å². The second-order valence-corrected chi connectivity index (χ2v) is 12.0. The minimum Gasteiger partial charge on any atom is -0.492 e. The van der Waals surface area contributed by atoms with E-state index >= 15 is 0 Å². The van der Waals surface area contributed by atoms with Gasteiger partial charge in [0.2, 0.25) is 0 Å². The Kier molecular flexibility index (Phi) is 16.8. The number of rotatable bonds is 23. The van der Waals surface area contributed by atoms with Gasteiger partial charge < -0.3 is 9.64 Å². The zero-order valence-electron chi connectivity index (χ0n) is 22.9. The third-order valence-electron chi connectivity index (χ3n) is 5.05. The van der Waals surface area contributed by atoms with Crippen molar-refractivity contribution in [3.05, 3.63) is 46.5 Å². The van der Waals surface area contributed by atoms with Gasteiger partial charge in [0, 0.05) is 25.2 Å². The molecule has 0 saturated carbocycles. The molecule has 0 fully saturated rings. The van der Waals surface area contributed by atoms with E-state index in [0.29, 0.717) is 24.6 Å². The molecule has 0 aliphatic carbocycles. The van der Waals surface area contributed by atoms with E-state index in [4.69, 9.17) is 28.2 Å². The van der Waals surface area contributed by atoms with Gasteiger partial charge in [0.1, 0.15) is 5.75 Å². The Balaban J connectivity index is 2.33. The average Bonchev–Trinajstić information content (AvgIpc) is 2.98. The van der Waals surface area contributed by atoms with Gasteiger partial charge in [0.25, 0.3) is 5.69 Å². The number of benzene rings is 2. The summed E-state index contributed by atoms with van der Waals surface area (Å²) >= 11 is 0.651. The number of nitrogens with zero attached hydrogens (tertiary/aromatic N) is 4. The van der Waals surface area contributed by atoms with Gasteiger partial charge in [-0.3, -0.25) is 23.0 Å². The van der Waals surface area contributed by atoms with Crippen LogP contribution in [0.3, 0.4) is 0 Å². The lowest BCUT2D eigenvalue weighted by Gasteiger charge is -2.26. The van der Waals surface area contributed by atoms with Crippen molar-refractivity contribution in [3.63, 3.8) is 0 Å². The third kappa shape index (κ3) is 14.0. The molecule has 0 unspecified atom stereocenters. The summed E-state index contributed by atoms with van der Waals surface area (Å²) in [4.78, 5) is 12.7. The van der Waals surface area contributed by atoms with Crippen LogP contribution in [0.5, 0.6) is 5.75 Å². The summed E-state index contributed by atoms with van der Waals surface area (Å²) in [5.74, 6) is -0.578. The fraction of sp³-hybridized carbons (Fsp3) is 0.400. The maximum Gasteiger partial charge on any atom is 0.397 e. The van der Waals surface area contributed by atoms with E-state index in [0.717, 1.165) is 12.1 Å². The molecular weight excluding hydrogens is 696 g/mol. The Morgan fingerprint density at radius 1 is 0.933 bits per heavy atom. The van der Waals surface area contributed by atoms with Crippen LogP contribution in [-0.2, 0) is 51.5 Å². The van der Waals surface area contributed by atoms with Gasteiger partial charge in [-0.1, -0.05) is 10.1 Å². The molecule has 0 aromatic heterocycles. The first kappa shape index (κ1) is 38.4. The van der Waals surface area contributed by atoms with Gasteiger partial charge in [-0.15, -0.1) is 13.8 Å². The predicted molar refractivity (Wildman–Crippen MR) is 153 cm³/mol. The van der Waals surface area contributed by atoms with Crippen LogP contribution in [0, 0.1) is 10.1 Å². The van der Waals surface area contributed by atoms with Crippen molar-refractivity contribution < 1.29 is 72.9 Å². The van der Waals surface area contributed by atoms with Crippen LogP contribution in [0.15, 0.2) is 51.5 Å². The number of nitro groups is 1. The number of sulfone groups is 1. The Bertz CT molecular complexity index is 1450. The monoisotopic (exact) mass is 722 g/mol. The lowest BCUT2D eigenvalue weighted by molar-refractivity contribution is -0.434. The van der Waals surface area contributed by atoms with Crippen LogP contribution in [-0.4, -0.2) is 82.1 Å². The summed E-state index contributed by atoms with van der Waals surface area (Å²) in [6, 6.07) is 7.31. The zero-order valence-corrected chi connectivity index (χ0v) is 26.2. The summed E-state index contributed by atoms with van der Waals surface area (Å²) in [7, 11) is -8.79. The minimum atomic E-state index is -4.81. The highest BCUT2D eigenvalue weighted by Gasteiger charge is 2.23. The molecular formula is C20H26N4O17S4. The molecule has 0 heterocycles. The lowest BCUT2D eigenvalue weighted by atomic mass is 10.2. The van der Waals surface area contributed by atoms with Crippen molar-refractivity contribution in [1.82, 2.24) is 0 Å². The fourth-order valence-corrected chi connectivity index (χ4v) is 5.17. The van der Waals surface area contributed by atoms with E-state index < -0.39 is 43.2 Å². The van der Waals surface area contributed by atoms with Crippen LogP contribution in [0.25, 0.3) is 0 Å². The Hall–Kier alpha value is -2.76. The minimum absolute atomic E-state index is 0.0441. The van der Waals surface area contributed by atoms with Crippen LogP contribution in [0.1, 0.15) is 6.92 Å². The highest BCUT2D eigenvalue weighted by atomic mass is 32.3. The topological polar surface area (TPSA) is 274 Å². The van der Waals surface area contributed by atoms with Gasteiger partial charge in [0.05, 0.1) is 53.4 Å². The molecule has 0 bridgehead atoms. The molecule has 45 heavy (non-hydrogen) atoms. The zero-order chi connectivity index (χ0) is 33.3. The molecule has 252 valence electrons.